The third kappa shape index (κ3) is 4.43. The maximum absolute atomic E-state index is 13.5. The predicted octanol–water partition coefficient (Wildman–Crippen LogP) is 0.0112. The lowest BCUT2D eigenvalue weighted by Crippen LogP contribution is -2.55. The van der Waals surface area contributed by atoms with Crippen LogP contribution >= 0.6 is 0 Å². The maximum atomic E-state index is 13.5. The molecule has 192 valence electrons. The van der Waals surface area contributed by atoms with Crippen LogP contribution in [0.25, 0.3) is 0 Å². The Kier molecular flexibility index (Phi) is 6.33. The minimum absolute atomic E-state index is 0.00458. The van der Waals surface area contributed by atoms with Gasteiger partial charge < -0.3 is 26.4 Å². The Morgan fingerprint density at radius 2 is 1.89 bits per heavy atom. The van der Waals surface area contributed by atoms with E-state index in [1.807, 2.05) is 0 Å². The van der Waals surface area contributed by atoms with Crippen molar-refractivity contribution >= 4 is 17.7 Å². The van der Waals surface area contributed by atoms with Crippen LogP contribution in [-0.2, 0) is 28.2 Å². The lowest BCUT2D eigenvalue weighted by molar-refractivity contribution is -0.145. The number of amides is 3. The summed E-state index contributed by atoms with van der Waals surface area (Å²) in [6, 6.07) is 4.36. The van der Waals surface area contributed by atoms with Crippen LogP contribution in [0.4, 0.5) is 4.39 Å². The third-order valence-corrected chi connectivity index (χ3v) is 6.99. The van der Waals surface area contributed by atoms with E-state index in [0.717, 1.165) is 4.90 Å². The summed E-state index contributed by atoms with van der Waals surface area (Å²) in [6.45, 7) is 1.64. The van der Waals surface area contributed by atoms with E-state index in [1.54, 1.807) is 13.0 Å². The number of nitrogens with one attached hydrogen (secondary N) is 2. The first-order valence-electron chi connectivity index (χ1n) is 11.6. The van der Waals surface area contributed by atoms with Crippen LogP contribution in [0.2, 0.25) is 0 Å². The Morgan fingerprint density at radius 3 is 2.50 bits per heavy atom. The highest BCUT2D eigenvalue weighted by Crippen LogP contribution is 2.44. The number of aromatic nitrogens is 2. The molecule has 0 saturated heterocycles. The van der Waals surface area contributed by atoms with Gasteiger partial charge in [-0.2, -0.15) is 0 Å². The number of nitrogens with zero attached hydrogens (tertiary/aromatic N) is 3. The number of benzene rings is 1. The lowest BCUT2D eigenvalue weighted by atomic mass is 9.73. The molecule has 0 atom stereocenters. The number of fused-ring (bicyclic) bond motifs is 2. The number of hydrogen-bond donors (Lipinski definition) is 4. The molecule has 2 aromatic rings. The summed E-state index contributed by atoms with van der Waals surface area (Å²) in [5.41, 5.74) is 4.15. The number of likely N-dealkylation sites (N-methyl/N-ethyl adjacent to an activating group) is 1. The van der Waals surface area contributed by atoms with Crippen molar-refractivity contribution in [2.75, 3.05) is 14.1 Å². The van der Waals surface area contributed by atoms with Crippen LogP contribution in [0.1, 0.15) is 53.1 Å². The standard InChI is InChI=1S/C24H29FN6O5/c1-13-10-14(4-5-15(13)25)11-27-18(33)16-17(32)20(35)31-12-23(26)6-8-24(9-7-23,22(31)28-16)29-19(34)21(36)30(2)3/h4-5,10,32H,6-9,11-12,26H2,1-3H3,(H,27,33)(H,29,34). The van der Waals surface area contributed by atoms with E-state index >= 15 is 0 Å². The van der Waals surface area contributed by atoms with Gasteiger partial charge in [-0.15, -0.1) is 0 Å². The van der Waals surface area contributed by atoms with Crippen molar-refractivity contribution in [2.45, 2.75) is 56.8 Å². The molecule has 36 heavy (non-hydrogen) atoms. The van der Waals surface area contributed by atoms with Crippen molar-refractivity contribution in [3.63, 3.8) is 0 Å². The van der Waals surface area contributed by atoms with E-state index in [1.165, 1.54) is 30.8 Å². The van der Waals surface area contributed by atoms with Gasteiger partial charge in [-0.1, -0.05) is 12.1 Å². The molecule has 0 unspecified atom stereocenters. The fourth-order valence-electron chi connectivity index (χ4n) is 4.82. The van der Waals surface area contributed by atoms with Gasteiger partial charge in [0.2, 0.25) is 5.75 Å². The average molecular weight is 501 g/mol. The minimum Gasteiger partial charge on any atom is -0.501 e. The molecule has 3 aliphatic rings. The van der Waals surface area contributed by atoms with Crippen LogP contribution in [0.15, 0.2) is 23.0 Å². The van der Waals surface area contributed by atoms with Crippen LogP contribution in [0.3, 0.4) is 0 Å². The molecule has 5 rings (SSSR count). The van der Waals surface area contributed by atoms with Gasteiger partial charge in [-0.25, -0.2) is 9.37 Å². The van der Waals surface area contributed by atoms with Gasteiger partial charge in [0.25, 0.3) is 11.5 Å². The number of aryl methyl sites for hydroxylation is 1. The second-order valence-corrected chi connectivity index (χ2v) is 9.89. The normalized spacial score (nSPS) is 22.4. The van der Waals surface area contributed by atoms with Crippen molar-refractivity contribution in [1.29, 1.82) is 0 Å². The number of rotatable bonds is 4. The quantitative estimate of drug-likeness (QED) is 0.430. The molecule has 1 fully saturated rings. The van der Waals surface area contributed by atoms with Crippen LogP contribution in [0.5, 0.6) is 5.75 Å². The van der Waals surface area contributed by atoms with Crippen molar-refractivity contribution < 1.29 is 23.9 Å². The summed E-state index contributed by atoms with van der Waals surface area (Å²) in [5.74, 6) is -3.63. The van der Waals surface area contributed by atoms with E-state index in [4.69, 9.17) is 5.73 Å². The number of halogens is 1. The highest BCUT2D eigenvalue weighted by atomic mass is 19.1. The van der Waals surface area contributed by atoms with E-state index < -0.39 is 45.8 Å². The van der Waals surface area contributed by atoms with Crippen LogP contribution in [-0.4, -0.2) is 56.9 Å². The number of carbonyl (C=O) groups excluding carboxylic acids is 3. The van der Waals surface area contributed by atoms with Crippen molar-refractivity contribution in [1.82, 2.24) is 25.1 Å². The summed E-state index contributed by atoms with van der Waals surface area (Å²) in [5, 5.41) is 15.9. The van der Waals surface area contributed by atoms with Gasteiger partial charge >= 0.3 is 11.8 Å². The Labute approximate surface area is 206 Å². The molecule has 12 heteroatoms. The van der Waals surface area contributed by atoms with Gasteiger partial charge in [0.15, 0.2) is 5.69 Å². The van der Waals surface area contributed by atoms with Gasteiger partial charge in [0.1, 0.15) is 11.6 Å². The third-order valence-electron chi connectivity index (χ3n) is 6.99. The zero-order chi connectivity index (χ0) is 26.4. The molecule has 1 saturated carbocycles. The molecule has 5 N–H and O–H groups in total. The number of hydrogen-bond acceptors (Lipinski definition) is 7. The molecule has 1 aliphatic carbocycles. The van der Waals surface area contributed by atoms with Gasteiger partial charge in [0.05, 0.1) is 5.54 Å². The van der Waals surface area contributed by atoms with Crippen LogP contribution in [0, 0.1) is 12.7 Å². The minimum atomic E-state index is -1.22. The molecule has 3 heterocycles. The molecule has 0 radical (unpaired) electrons. The SMILES string of the molecule is Cc1cc(CNC(=O)c2nc3n(c(=O)c2O)CC2(N)CCC3(NC(=O)C(=O)N(C)C)CC2)ccc1F. The van der Waals surface area contributed by atoms with E-state index in [-0.39, 0.29) is 24.7 Å². The Bertz CT molecular complexity index is 1310. The first-order chi connectivity index (χ1) is 16.9. The zero-order valence-electron chi connectivity index (χ0n) is 20.4. The second-order valence-electron chi connectivity index (χ2n) is 9.89. The maximum Gasteiger partial charge on any atom is 0.311 e. The van der Waals surface area contributed by atoms with E-state index in [0.29, 0.717) is 36.8 Å². The average Bonchev–Trinajstić information content (AvgIpc) is 3.03. The summed E-state index contributed by atoms with van der Waals surface area (Å²) in [4.78, 5) is 56.7. The first-order valence-corrected chi connectivity index (χ1v) is 11.6. The van der Waals surface area contributed by atoms with E-state index in [2.05, 4.69) is 15.6 Å². The number of nitrogens with two attached hydrogens (primary N) is 1. The highest BCUT2D eigenvalue weighted by molar-refractivity contribution is 6.35. The van der Waals surface area contributed by atoms with Gasteiger partial charge in [-0.3, -0.25) is 23.7 Å². The Balaban J connectivity index is 1.72. The summed E-state index contributed by atoms with van der Waals surface area (Å²) < 4.78 is 14.7. The fourth-order valence-corrected chi connectivity index (χ4v) is 4.82. The molecule has 0 spiro atoms. The summed E-state index contributed by atoms with van der Waals surface area (Å²) in [7, 11) is 2.89. The first kappa shape index (κ1) is 25.3. The molecule has 2 aliphatic heterocycles. The van der Waals surface area contributed by atoms with Gasteiger partial charge in [0, 0.05) is 32.7 Å². The van der Waals surface area contributed by atoms with Crippen molar-refractivity contribution in [2.24, 2.45) is 5.73 Å². The van der Waals surface area contributed by atoms with Gasteiger partial charge in [-0.05, 0) is 49.8 Å². The molecule has 3 amide bonds. The zero-order valence-corrected chi connectivity index (χ0v) is 20.4. The molecular weight excluding hydrogens is 471 g/mol. The summed E-state index contributed by atoms with van der Waals surface area (Å²) in [6.07, 6.45) is 1.45. The number of carbonyl (C=O) groups is 3. The predicted molar refractivity (Wildman–Crippen MR) is 126 cm³/mol. The smallest absolute Gasteiger partial charge is 0.311 e. The summed E-state index contributed by atoms with van der Waals surface area (Å²) >= 11 is 0. The molecule has 1 aromatic carbocycles. The molecule has 1 aromatic heterocycles. The topological polar surface area (TPSA) is 160 Å². The molecule has 2 bridgehead atoms. The molecular formula is C24H29FN6O5. The highest BCUT2D eigenvalue weighted by Gasteiger charge is 2.50. The Morgan fingerprint density at radius 1 is 1.22 bits per heavy atom. The fraction of sp³-hybridized carbons (Fsp3) is 0.458. The lowest BCUT2D eigenvalue weighted by Gasteiger charge is -2.40. The molecule has 11 nitrogen and oxygen atoms in total. The van der Waals surface area contributed by atoms with Crippen molar-refractivity contribution in [3.8, 4) is 5.75 Å². The van der Waals surface area contributed by atoms with E-state index in [9.17, 15) is 28.7 Å². The number of aromatic hydroxyl groups is 1. The largest absolute Gasteiger partial charge is 0.501 e. The second kappa shape index (κ2) is 9.01. The Hall–Kier alpha value is -3.80. The van der Waals surface area contributed by atoms with Crippen LogP contribution < -0.4 is 21.9 Å². The van der Waals surface area contributed by atoms with Crippen molar-refractivity contribution in [3.05, 3.63) is 57.0 Å². The monoisotopic (exact) mass is 500 g/mol.